The molecule has 0 fully saturated rings. The molecule has 0 amide bonds. The number of carbonyl (C=O) groups excluding carboxylic acids is 1. The van der Waals surface area contributed by atoms with Crippen LogP contribution in [0.3, 0.4) is 0 Å². The van der Waals surface area contributed by atoms with Gasteiger partial charge in [-0.25, -0.2) is 4.79 Å². The molecule has 2 rings (SSSR count). The fourth-order valence-corrected chi connectivity index (χ4v) is 2.64. The summed E-state index contributed by atoms with van der Waals surface area (Å²) in [6, 6.07) is 7.44. The molecule has 0 saturated heterocycles. The molecule has 0 unspecified atom stereocenters. The normalized spacial score (nSPS) is 10.1. The standard InChI is InChI=1S/C15H15N3O3S/c1-20-11-6-10(4-5-12(11)22-3)18-8-9(7-16)13(17)14(18)15(19)21-2/h4-6,8H,17H2,1-3H3. The number of hydrogen-bond donors (Lipinski definition) is 1. The molecule has 0 bridgehead atoms. The fraction of sp³-hybridized carbons (Fsp3) is 0.200. The molecule has 0 atom stereocenters. The van der Waals surface area contributed by atoms with Gasteiger partial charge in [0, 0.05) is 22.8 Å². The number of nitrogens with two attached hydrogens (primary N) is 1. The molecule has 0 saturated carbocycles. The van der Waals surface area contributed by atoms with Crippen LogP contribution in [-0.2, 0) is 4.74 Å². The van der Waals surface area contributed by atoms with Crippen LogP contribution >= 0.6 is 11.8 Å². The van der Waals surface area contributed by atoms with Gasteiger partial charge in [0.2, 0.25) is 0 Å². The van der Waals surface area contributed by atoms with E-state index in [9.17, 15) is 4.79 Å². The van der Waals surface area contributed by atoms with Crippen LogP contribution in [0.15, 0.2) is 29.3 Å². The van der Waals surface area contributed by atoms with Gasteiger partial charge in [-0.05, 0) is 18.4 Å². The zero-order valence-corrected chi connectivity index (χ0v) is 13.2. The first kappa shape index (κ1) is 15.8. The van der Waals surface area contributed by atoms with Crippen LogP contribution < -0.4 is 10.5 Å². The first-order chi connectivity index (χ1) is 10.6. The van der Waals surface area contributed by atoms with Crippen LogP contribution in [0.5, 0.6) is 5.75 Å². The smallest absolute Gasteiger partial charge is 0.357 e. The quantitative estimate of drug-likeness (QED) is 0.688. The van der Waals surface area contributed by atoms with Crippen molar-refractivity contribution in [3.05, 3.63) is 35.7 Å². The number of carbonyl (C=O) groups is 1. The van der Waals surface area contributed by atoms with Crippen molar-refractivity contribution >= 4 is 23.4 Å². The van der Waals surface area contributed by atoms with Crippen LogP contribution in [0.25, 0.3) is 5.69 Å². The maximum atomic E-state index is 12.0. The summed E-state index contributed by atoms with van der Waals surface area (Å²) in [4.78, 5) is 12.9. The van der Waals surface area contributed by atoms with Gasteiger partial charge in [0.25, 0.3) is 0 Å². The minimum Gasteiger partial charge on any atom is -0.496 e. The number of nitriles is 1. The zero-order valence-electron chi connectivity index (χ0n) is 12.4. The van der Waals surface area contributed by atoms with Gasteiger partial charge in [-0.1, -0.05) is 0 Å². The molecular formula is C15H15N3O3S. The largest absolute Gasteiger partial charge is 0.496 e. The molecule has 2 N–H and O–H groups in total. The molecule has 7 heteroatoms. The van der Waals surface area contributed by atoms with Gasteiger partial charge in [0.05, 0.1) is 25.5 Å². The third-order valence-corrected chi connectivity index (χ3v) is 3.97. The number of nitrogens with zero attached hydrogens (tertiary/aromatic N) is 2. The molecule has 22 heavy (non-hydrogen) atoms. The second-order valence-corrected chi connectivity index (χ2v) is 5.17. The average molecular weight is 317 g/mol. The Balaban J connectivity index is 2.67. The third kappa shape index (κ3) is 2.61. The van der Waals surface area contributed by atoms with Gasteiger partial charge in [-0.3, -0.25) is 0 Å². The Labute approximate surface area is 132 Å². The van der Waals surface area contributed by atoms with Gasteiger partial charge < -0.3 is 19.8 Å². The Kier molecular flexibility index (Phi) is 4.63. The highest BCUT2D eigenvalue weighted by molar-refractivity contribution is 7.98. The molecule has 0 aliphatic rings. The minimum atomic E-state index is -0.605. The number of aromatic nitrogens is 1. The van der Waals surface area contributed by atoms with Gasteiger partial charge in [0.15, 0.2) is 5.69 Å². The molecule has 0 aliphatic carbocycles. The van der Waals surface area contributed by atoms with E-state index in [1.54, 1.807) is 24.9 Å². The molecule has 1 heterocycles. The van der Waals surface area contributed by atoms with E-state index in [2.05, 4.69) is 0 Å². The van der Waals surface area contributed by atoms with Crippen molar-refractivity contribution in [2.24, 2.45) is 0 Å². The lowest BCUT2D eigenvalue weighted by Gasteiger charge is -2.12. The molecule has 0 aliphatic heterocycles. The van der Waals surface area contributed by atoms with Crippen molar-refractivity contribution in [2.75, 3.05) is 26.2 Å². The highest BCUT2D eigenvalue weighted by Gasteiger charge is 2.22. The number of hydrogen-bond acceptors (Lipinski definition) is 6. The highest BCUT2D eigenvalue weighted by atomic mass is 32.2. The SMILES string of the molecule is COC(=O)c1c(N)c(C#N)cn1-c1ccc(SC)c(OC)c1. The maximum Gasteiger partial charge on any atom is 0.357 e. The number of benzene rings is 1. The second-order valence-electron chi connectivity index (χ2n) is 4.32. The summed E-state index contributed by atoms with van der Waals surface area (Å²) in [5.74, 6) is 0.0681. The Hall–Kier alpha value is -2.59. The predicted octanol–water partition coefficient (Wildman–Crippen LogP) is 2.45. The van der Waals surface area contributed by atoms with E-state index in [1.807, 2.05) is 24.5 Å². The first-order valence-electron chi connectivity index (χ1n) is 6.29. The lowest BCUT2D eigenvalue weighted by molar-refractivity contribution is 0.0593. The second kappa shape index (κ2) is 6.45. The number of anilines is 1. The van der Waals surface area contributed by atoms with Crippen molar-refractivity contribution in [3.8, 4) is 17.5 Å². The third-order valence-electron chi connectivity index (χ3n) is 3.19. The highest BCUT2D eigenvalue weighted by Crippen LogP contribution is 2.32. The van der Waals surface area contributed by atoms with Crippen LogP contribution in [0.4, 0.5) is 5.69 Å². The molecule has 0 spiro atoms. The van der Waals surface area contributed by atoms with Crippen molar-refractivity contribution in [1.82, 2.24) is 4.57 Å². The van der Waals surface area contributed by atoms with E-state index in [4.69, 9.17) is 20.5 Å². The van der Waals surface area contributed by atoms with E-state index in [1.165, 1.54) is 17.9 Å². The summed E-state index contributed by atoms with van der Waals surface area (Å²) < 4.78 is 11.6. The van der Waals surface area contributed by atoms with Crippen molar-refractivity contribution in [1.29, 1.82) is 5.26 Å². The summed E-state index contributed by atoms with van der Waals surface area (Å²) in [6.07, 6.45) is 3.45. The van der Waals surface area contributed by atoms with E-state index in [0.29, 0.717) is 11.4 Å². The zero-order chi connectivity index (χ0) is 16.3. The molecular weight excluding hydrogens is 302 g/mol. The van der Waals surface area contributed by atoms with E-state index in [-0.39, 0.29) is 16.9 Å². The number of nitrogen functional groups attached to an aromatic ring is 1. The van der Waals surface area contributed by atoms with Gasteiger partial charge in [0.1, 0.15) is 11.8 Å². The van der Waals surface area contributed by atoms with E-state index < -0.39 is 5.97 Å². The van der Waals surface area contributed by atoms with Gasteiger partial charge >= 0.3 is 5.97 Å². The van der Waals surface area contributed by atoms with Crippen molar-refractivity contribution < 1.29 is 14.3 Å². The van der Waals surface area contributed by atoms with Crippen LogP contribution in [0, 0.1) is 11.3 Å². The summed E-state index contributed by atoms with van der Waals surface area (Å²) in [6.45, 7) is 0. The summed E-state index contributed by atoms with van der Waals surface area (Å²) in [7, 11) is 2.84. The van der Waals surface area contributed by atoms with Crippen molar-refractivity contribution in [3.63, 3.8) is 0 Å². The number of methoxy groups -OCH3 is 2. The lowest BCUT2D eigenvalue weighted by atomic mass is 10.2. The molecule has 2 aromatic rings. The van der Waals surface area contributed by atoms with Crippen LogP contribution in [0.2, 0.25) is 0 Å². The van der Waals surface area contributed by atoms with Gasteiger partial charge in [-0.2, -0.15) is 5.26 Å². The Morgan fingerprint density at radius 2 is 2.14 bits per heavy atom. The maximum absolute atomic E-state index is 12.0. The Morgan fingerprint density at radius 1 is 1.41 bits per heavy atom. The fourth-order valence-electron chi connectivity index (χ4n) is 2.09. The molecule has 114 valence electrons. The first-order valence-corrected chi connectivity index (χ1v) is 7.51. The number of esters is 1. The minimum absolute atomic E-state index is 0.0993. The molecule has 1 aromatic carbocycles. The number of thioether (sulfide) groups is 1. The van der Waals surface area contributed by atoms with E-state index >= 15 is 0 Å². The summed E-state index contributed by atoms with van der Waals surface area (Å²) >= 11 is 1.55. The lowest BCUT2D eigenvalue weighted by Crippen LogP contribution is -2.11. The molecule has 0 radical (unpaired) electrons. The number of ether oxygens (including phenoxy) is 2. The van der Waals surface area contributed by atoms with E-state index in [0.717, 1.165) is 4.90 Å². The van der Waals surface area contributed by atoms with Crippen LogP contribution in [0.1, 0.15) is 16.1 Å². The Bertz CT molecular complexity index is 762. The number of rotatable bonds is 4. The van der Waals surface area contributed by atoms with Crippen molar-refractivity contribution in [2.45, 2.75) is 4.90 Å². The van der Waals surface area contributed by atoms with Crippen LogP contribution in [-0.4, -0.2) is 31.0 Å². The topological polar surface area (TPSA) is 90.3 Å². The molecule has 1 aromatic heterocycles. The van der Waals surface area contributed by atoms with Gasteiger partial charge in [-0.15, -0.1) is 11.8 Å². The Morgan fingerprint density at radius 3 is 2.68 bits per heavy atom. The average Bonchev–Trinajstić information content (AvgIpc) is 2.89. The molecule has 6 nitrogen and oxygen atoms in total. The predicted molar refractivity (Wildman–Crippen MR) is 84.6 cm³/mol. The monoisotopic (exact) mass is 317 g/mol. The summed E-state index contributed by atoms with van der Waals surface area (Å²) in [5, 5.41) is 9.12. The summed E-state index contributed by atoms with van der Waals surface area (Å²) in [5.41, 5.74) is 6.97.